The minimum absolute atomic E-state index is 0.0421. The van der Waals surface area contributed by atoms with Crippen molar-refractivity contribution >= 4 is 44.6 Å². The van der Waals surface area contributed by atoms with Crippen LogP contribution in [0.5, 0.6) is 5.75 Å². The summed E-state index contributed by atoms with van der Waals surface area (Å²) in [4.78, 5) is 12.8. The van der Waals surface area contributed by atoms with Gasteiger partial charge in [-0.05, 0) is 79.8 Å². The maximum atomic E-state index is 12.5. The Balaban J connectivity index is 1.41. The van der Waals surface area contributed by atoms with Crippen LogP contribution in [0.25, 0.3) is 0 Å². The zero-order valence-electron chi connectivity index (χ0n) is 19.4. The molecule has 0 aliphatic heterocycles. The van der Waals surface area contributed by atoms with E-state index in [4.69, 9.17) is 27.9 Å². The van der Waals surface area contributed by atoms with E-state index in [9.17, 15) is 13.2 Å². The monoisotopic (exact) mass is 531 g/mol. The van der Waals surface area contributed by atoms with E-state index in [2.05, 4.69) is 5.32 Å². The van der Waals surface area contributed by atoms with Gasteiger partial charge < -0.3 is 10.1 Å². The van der Waals surface area contributed by atoms with Crippen molar-refractivity contribution in [2.45, 2.75) is 49.5 Å². The maximum absolute atomic E-state index is 12.5. The Morgan fingerprint density at radius 3 is 2.23 bits per heavy atom. The smallest absolute Gasteiger partial charge is 0.228 e. The third-order valence-electron chi connectivity index (χ3n) is 6.31. The van der Waals surface area contributed by atoms with Crippen molar-refractivity contribution in [3.63, 3.8) is 0 Å². The number of rotatable bonds is 8. The fourth-order valence-electron chi connectivity index (χ4n) is 4.44. The molecule has 1 saturated carbocycles. The number of sulfone groups is 1. The van der Waals surface area contributed by atoms with Crippen molar-refractivity contribution in [3.05, 3.63) is 87.9 Å². The van der Waals surface area contributed by atoms with Gasteiger partial charge in [0.1, 0.15) is 11.4 Å². The van der Waals surface area contributed by atoms with E-state index < -0.39 is 15.4 Å². The van der Waals surface area contributed by atoms with Crippen molar-refractivity contribution in [2.24, 2.45) is 0 Å². The summed E-state index contributed by atoms with van der Waals surface area (Å²) in [6.45, 7) is 1.60. The highest BCUT2D eigenvalue weighted by atomic mass is 35.5. The molecule has 0 aromatic heterocycles. The molecule has 0 atom stereocenters. The molecule has 1 aliphatic rings. The van der Waals surface area contributed by atoms with Crippen molar-refractivity contribution in [3.8, 4) is 5.75 Å². The molecule has 1 N–H and O–H groups in total. The van der Waals surface area contributed by atoms with Crippen LogP contribution in [0.15, 0.2) is 71.6 Å². The summed E-state index contributed by atoms with van der Waals surface area (Å²) in [7, 11) is -3.26. The molecule has 0 heterocycles. The molecule has 184 valence electrons. The third-order valence-corrected chi connectivity index (χ3v) is 8.61. The van der Waals surface area contributed by atoms with Crippen molar-refractivity contribution in [1.82, 2.24) is 0 Å². The molecule has 0 bridgehead atoms. The molecule has 0 saturated heterocycles. The molecule has 35 heavy (non-hydrogen) atoms. The van der Waals surface area contributed by atoms with Crippen LogP contribution in [-0.4, -0.2) is 20.1 Å². The summed E-state index contributed by atoms with van der Waals surface area (Å²) in [5.74, 6) is 0.550. The van der Waals surface area contributed by atoms with Crippen LogP contribution >= 0.6 is 23.2 Å². The first-order valence-corrected chi connectivity index (χ1v) is 14.0. The first-order valence-electron chi connectivity index (χ1n) is 11.6. The molecule has 3 aromatic rings. The van der Waals surface area contributed by atoms with E-state index >= 15 is 0 Å². The van der Waals surface area contributed by atoms with E-state index in [1.165, 1.54) is 0 Å². The zero-order valence-corrected chi connectivity index (χ0v) is 21.7. The van der Waals surface area contributed by atoms with Crippen molar-refractivity contribution in [1.29, 1.82) is 0 Å². The lowest BCUT2D eigenvalue weighted by Gasteiger charge is -2.32. The minimum atomic E-state index is -3.26. The fraction of sp³-hybridized carbons (Fsp3) is 0.296. The van der Waals surface area contributed by atoms with E-state index in [1.54, 1.807) is 49.4 Å². The second-order valence-corrected chi connectivity index (χ2v) is 11.8. The number of amides is 1. The highest BCUT2D eigenvalue weighted by Gasteiger charge is 2.39. The molecule has 1 fully saturated rings. The molecule has 3 aromatic carbocycles. The molecule has 0 spiro atoms. The number of carbonyl (C=O) groups is 1. The number of nitrogens with one attached hydrogen (secondary N) is 1. The zero-order chi connectivity index (χ0) is 25.1. The predicted octanol–water partition coefficient (Wildman–Crippen LogP) is 6.82. The lowest BCUT2D eigenvalue weighted by molar-refractivity contribution is -0.115. The summed E-state index contributed by atoms with van der Waals surface area (Å²) in [6.07, 6.45) is 3.98. The fourth-order valence-corrected chi connectivity index (χ4v) is 5.90. The number of halogens is 2. The Labute approximate surface area is 216 Å². The molecule has 5 nitrogen and oxygen atoms in total. The van der Waals surface area contributed by atoms with E-state index in [0.717, 1.165) is 36.8 Å². The van der Waals surface area contributed by atoms with Crippen LogP contribution in [0.3, 0.4) is 0 Å². The van der Waals surface area contributed by atoms with Crippen LogP contribution in [0.2, 0.25) is 10.0 Å². The second-order valence-electron chi connectivity index (χ2n) is 8.72. The van der Waals surface area contributed by atoms with E-state index in [0.29, 0.717) is 21.5 Å². The average molecular weight is 532 g/mol. The van der Waals surface area contributed by atoms with Gasteiger partial charge in [0.2, 0.25) is 5.91 Å². The third kappa shape index (κ3) is 6.00. The van der Waals surface area contributed by atoms with E-state index in [1.807, 2.05) is 24.3 Å². The molecule has 8 heteroatoms. The summed E-state index contributed by atoms with van der Waals surface area (Å²) in [6, 6.07) is 19.2. The van der Waals surface area contributed by atoms with Crippen LogP contribution < -0.4 is 10.1 Å². The number of anilines is 1. The van der Waals surface area contributed by atoms with Gasteiger partial charge in [0.15, 0.2) is 9.84 Å². The minimum Gasteiger partial charge on any atom is -0.483 e. The van der Waals surface area contributed by atoms with Crippen molar-refractivity contribution in [2.75, 3.05) is 11.1 Å². The summed E-state index contributed by atoms with van der Waals surface area (Å²) in [5.41, 5.74) is 1.83. The average Bonchev–Trinajstić information content (AvgIpc) is 3.30. The number of benzene rings is 3. The summed E-state index contributed by atoms with van der Waals surface area (Å²) in [5, 5.41) is 4.07. The Bertz CT molecular complexity index is 1300. The van der Waals surface area contributed by atoms with Gasteiger partial charge in [0.25, 0.3) is 0 Å². The van der Waals surface area contributed by atoms with Gasteiger partial charge in [-0.2, -0.15) is 0 Å². The Kier molecular flexibility index (Phi) is 7.74. The van der Waals surface area contributed by atoms with Gasteiger partial charge in [0.05, 0.1) is 17.1 Å². The van der Waals surface area contributed by atoms with Gasteiger partial charge in [0, 0.05) is 21.3 Å². The molecule has 1 amide bonds. The quantitative estimate of drug-likeness (QED) is 0.346. The number of carbonyl (C=O) groups excluding carboxylic acids is 1. The molecular formula is C27H27Cl2NO4S. The highest BCUT2D eigenvalue weighted by molar-refractivity contribution is 7.91. The number of ether oxygens (including phenoxy) is 1. The predicted molar refractivity (Wildman–Crippen MR) is 140 cm³/mol. The normalized spacial score (nSPS) is 15.1. The van der Waals surface area contributed by atoms with Crippen LogP contribution in [0.4, 0.5) is 5.69 Å². The lowest BCUT2D eigenvalue weighted by atomic mass is 9.91. The molecule has 1 aliphatic carbocycles. The Morgan fingerprint density at radius 2 is 1.63 bits per heavy atom. The first-order chi connectivity index (χ1) is 16.7. The van der Waals surface area contributed by atoms with Crippen molar-refractivity contribution < 1.29 is 17.9 Å². The van der Waals surface area contributed by atoms with Crippen LogP contribution in [-0.2, 0) is 26.7 Å². The second kappa shape index (κ2) is 10.6. The van der Waals surface area contributed by atoms with Gasteiger partial charge in [-0.15, -0.1) is 0 Å². The van der Waals surface area contributed by atoms with Crippen LogP contribution in [0, 0.1) is 0 Å². The lowest BCUT2D eigenvalue weighted by Crippen LogP contribution is -2.30. The van der Waals surface area contributed by atoms with Gasteiger partial charge in [-0.25, -0.2) is 8.42 Å². The van der Waals surface area contributed by atoms with E-state index in [-0.39, 0.29) is 23.0 Å². The number of hydrogen-bond donors (Lipinski definition) is 1. The standard InChI is InChI=1S/C27H27Cl2NO4S/c1-2-35(32,33)23-12-5-19(6-13-23)17-26(31)30-21-8-10-22(11-9-21)34-27(15-3-4-16-27)24-14-7-20(28)18-25(24)29/h5-14,18H,2-4,15-17H2,1H3,(H,30,31). The molecule has 0 radical (unpaired) electrons. The van der Waals surface area contributed by atoms with Gasteiger partial charge >= 0.3 is 0 Å². The maximum Gasteiger partial charge on any atom is 0.228 e. The molecule has 4 rings (SSSR count). The summed E-state index contributed by atoms with van der Waals surface area (Å²) < 4.78 is 30.4. The SMILES string of the molecule is CCS(=O)(=O)c1ccc(CC(=O)Nc2ccc(OC3(c4ccc(Cl)cc4Cl)CCCC3)cc2)cc1. The molecule has 0 unspecified atom stereocenters. The molecular weight excluding hydrogens is 505 g/mol. The number of hydrogen-bond acceptors (Lipinski definition) is 4. The van der Waals surface area contributed by atoms with Crippen LogP contribution in [0.1, 0.15) is 43.7 Å². The summed E-state index contributed by atoms with van der Waals surface area (Å²) >= 11 is 12.6. The largest absolute Gasteiger partial charge is 0.483 e. The van der Waals surface area contributed by atoms with Gasteiger partial charge in [-0.3, -0.25) is 4.79 Å². The van der Waals surface area contributed by atoms with Gasteiger partial charge in [-0.1, -0.05) is 48.3 Å². The highest BCUT2D eigenvalue weighted by Crippen LogP contribution is 2.45. The first kappa shape index (κ1) is 25.5. The Morgan fingerprint density at radius 1 is 0.971 bits per heavy atom. The topological polar surface area (TPSA) is 72.5 Å². The Hall–Kier alpha value is -2.54.